The molecule has 0 aromatic rings. The van der Waals surface area contributed by atoms with E-state index in [-0.39, 0.29) is 6.04 Å². The molecule has 0 aliphatic carbocycles. The van der Waals surface area contributed by atoms with Gasteiger partial charge < -0.3 is 5.32 Å². The monoisotopic (exact) mass is 288 g/mol. The molecule has 5 heteroatoms. The molecule has 0 bridgehead atoms. The van der Waals surface area contributed by atoms with Crippen molar-refractivity contribution in [3.63, 3.8) is 0 Å². The van der Waals surface area contributed by atoms with Gasteiger partial charge in [-0.05, 0) is 44.7 Å². The average molecular weight is 288 g/mol. The molecular formula is C14H28N2O2S. The Morgan fingerprint density at radius 3 is 2.74 bits per heavy atom. The van der Waals surface area contributed by atoms with E-state index in [0.29, 0.717) is 23.5 Å². The summed E-state index contributed by atoms with van der Waals surface area (Å²) in [5.74, 6) is 1.39. The average Bonchev–Trinajstić information content (AvgIpc) is 2.36. The maximum absolute atomic E-state index is 11.8. The molecule has 2 heterocycles. The molecule has 4 nitrogen and oxygen atoms in total. The molecule has 3 atom stereocenters. The van der Waals surface area contributed by atoms with Gasteiger partial charge in [-0.25, -0.2) is 8.42 Å². The zero-order valence-corrected chi connectivity index (χ0v) is 13.1. The van der Waals surface area contributed by atoms with Crippen LogP contribution in [-0.2, 0) is 9.84 Å². The quantitative estimate of drug-likeness (QED) is 0.846. The van der Waals surface area contributed by atoms with E-state index in [9.17, 15) is 8.42 Å². The molecule has 19 heavy (non-hydrogen) atoms. The van der Waals surface area contributed by atoms with E-state index in [0.717, 1.165) is 38.9 Å². The number of piperidine rings is 1. The standard InChI is InChI=1S/C14H28N2O2S/c1-3-7-15-14-6-8-16(10-12(14)2)13-5-4-9-19(17,18)11-13/h12-15H,3-11H2,1-2H3. The van der Waals surface area contributed by atoms with E-state index in [1.165, 1.54) is 6.42 Å². The molecule has 2 saturated heterocycles. The van der Waals surface area contributed by atoms with Crippen molar-refractivity contribution in [2.24, 2.45) is 5.92 Å². The third kappa shape index (κ3) is 4.17. The van der Waals surface area contributed by atoms with Crippen molar-refractivity contribution in [1.82, 2.24) is 10.2 Å². The van der Waals surface area contributed by atoms with Crippen molar-refractivity contribution in [3.8, 4) is 0 Å². The number of nitrogens with one attached hydrogen (secondary N) is 1. The molecule has 2 fully saturated rings. The van der Waals surface area contributed by atoms with Gasteiger partial charge in [-0.15, -0.1) is 0 Å². The Morgan fingerprint density at radius 2 is 2.11 bits per heavy atom. The third-order valence-corrected chi connectivity index (χ3v) is 6.35. The van der Waals surface area contributed by atoms with Crippen LogP contribution in [0, 0.1) is 5.92 Å². The molecule has 3 unspecified atom stereocenters. The fourth-order valence-electron chi connectivity index (χ4n) is 3.43. The maximum Gasteiger partial charge on any atom is 0.151 e. The number of nitrogens with zero attached hydrogens (tertiary/aromatic N) is 1. The first kappa shape index (κ1) is 15.3. The summed E-state index contributed by atoms with van der Waals surface area (Å²) in [6.07, 6.45) is 4.22. The molecule has 0 amide bonds. The maximum atomic E-state index is 11.8. The van der Waals surface area contributed by atoms with E-state index in [2.05, 4.69) is 24.1 Å². The van der Waals surface area contributed by atoms with Gasteiger partial charge >= 0.3 is 0 Å². The normalized spacial score (nSPS) is 36.2. The predicted molar refractivity (Wildman–Crippen MR) is 79.1 cm³/mol. The summed E-state index contributed by atoms with van der Waals surface area (Å²) in [7, 11) is -2.78. The summed E-state index contributed by atoms with van der Waals surface area (Å²) in [6, 6.07) is 0.879. The second kappa shape index (κ2) is 6.55. The Morgan fingerprint density at radius 1 is 1.32 bits per heavy atom. The summed E-state index contributed by atoms with van der Waals surface area (Å²) in [6.45, 7) is 7.66. The van der Waals surface area contributed by atoms with Gasteiger partial charge in [0.1, 0.15) is 0 Å². The van der Waals surface area contributed by atoms with Crippen LogP contribution in [0.25, 0.3) is 0 Å². The van der Waals surface area contributed by atoms with Gasteiger partial charge in [-0.1, -0.05) is 13.8 Å². The van der Waals surface area contributed by atoms with Crippen LogP contribution in [-0.4, -0.2) is 56.5 Å². The van der Waals surface area contributed by atoms with Gasteiger partial charge in [0.15, 0.2) is 9.84 Å². The second-order valence-electron chi connectivity index (χ2n) is 6.23. The van der Waals surface area contributed by atoms with E-state index >= 15 is 0 Å². The SMILES string of the molecule is CCCNC1CCN(C2CCCS(=O)(=O)C2)CC1C. The summed E-state index contributed by atoms with van der Waals surface area (Å²) in [5.41, 5.74) is 0. The van der Waals surface area contributed by atoms with Gasteiger partial charge in [-0.2, -0.15) is 0 Å². The zero-order chi connectivity index (χ0) is 13.9. The highest BCUT2D eigenvalue weighted by Crippen LogP contribution is 2.24. The van der Waals surface area contributed by atoms with Gasteiger partial charge in [0.05, 0.1) is 11.5 Å². The number of sulfone groups is 1. The van der Waals surface area contributed by atoms with Crippen LogP contribution in [0.4, 0.5) is 0 Å². The summed E-state index contributed by atoms with van der Waals surface area (Å²) >= 11 is 0. The third-order valence-electron chi connectivity index (χ3n) is 4.55. The lowest BCUT2D eigenvalue weighted by Crippen LogP contribution is -2.53. The first-order chi connectivity index (χ1) is 9.02. The van der Waals surface area contributed by atoms with E-state index in [1.807, 2.05) is 0 Å². The number of likely N-dealkylation sites (tertiary alicyclic amines) is 1. The van der Waals surface area contributed by atoms with Crippen LogP contribution in [0.3, 0.4) is 0 Å². The summed E-state index contributed by atoms with van der Waals surface area (Å²) in [5, 5.41) is 3.62. The summed E-state index contributed by atoms with van der Waals surface area (Å²) in [4.78, 5) is 2.42. The Bertz CT molecular complexity index is 383. The van der Waals surface area contributed by atoms with Crippen molar-refractivity contribution in [3.05, 3.63) is 0 Å². The molecule has 0 saturated carbocycles. The Kier molecular flexibility index (Phi) is 5.26. The molecule has 2 aliphatic rings. The summed E-state index contributed by atoms with van der Waals surface area (Å²) < 4.78 is 23.5. The Balaban J connectivity index is 1.87. The smallest absolute Gasteiger partial charge is 0.151 e. The van der Waals surface area contributed by atoms with Crippen LogP contribution in [0.15, 0.2) is 0 Å². The lowest BCUT2D eigenvalue weighted by Gasteiger charge is -2.42. The van der Waals surface area contributed by atoms with Crippen LogP contribution < -0.4 is 5.32 Å². The first-order valence-corrected chi connectivity index (χ1v) is 9.52. The molecule has 0 spiro atoms. The van der Waals surface area contributed by atoms with Crippen LogP contribution >= 0.6 is 0 Å². The van der Waals surface area contributed by atoms with Crippen molar-refractivity contribution < 1.29 is 8.42 Å². The van der Waals surface area contributed by atoms with Crippen molar-refractivity contribution in [1.29, 1.82) is 0 Å². The highest BCUT2D eigenvalue weighted by molar-refractivity contribution is 7.91. The highest BCUT2D eigenvalue weighted by Gasteiger charge is 2.33. The topological polar surface area (TPSA) is 49.4 Å². The lowest BCUT2D eigenvalue weighted by molar-refractivity contribution is 0.106. The molecule has 112 valence electrons. The lowest BCUT2D eigenvalue weighted by atomic mass is 9.92. The van der Waals surface area contributed by atoms with E-state index < -0.39 is 9.84 Å². The van der Waals surface area contributed by atoms with Crippen LogP contribution in [0.1, 0.15) is 39.5 Å². The van der Waals surface area contributed by atoms with Gasteiger partial charge in [0.25, 0.3) is 0 Å². The van der Waals surface area contributed by atoms with E-state index in [4.69, 9.17) is 0 Å². The minimum Gasteiger partial charge on any atom is -0.314 e. The molecular weight excluding hydrogens is 260 g/mol. The van der Waals surface area contributed by atoms with Crippen molar-refractivity contribution in [2.75, 3.05) is 31.1 Å². The fourth-order valence-corrected chi connectivity index (χ4v) is 5.17. The van der Waals surface area contributed by atoms with Gasteiger partial charge in [-0.3, -0.25) is 4.90 Å². The fraction of sp³-hybridized carbons (Fsp3) is 1.00. The van der Waals surface area contributed by atoms with Crippen molar-refractivity contribution >= 4 is 9.84 Å². The number of rotatable bonds is 4. The van der Waals surface area contributed by atoms with Crippen LogP contribution in [0.2, 0.25) is 0 Å². The zero-order valence-electron chi connectivity index (χ0n) is 12.3. The molecule has 0 radical (unpaired) electrons. The Labute approximate surface area is 117 Å². The highest BCUT2D eigenvalue weighted by atomic mass is 32.2. The molecule has 2 rings (SSSR count). The molecule has 0 aromatic carbocycles. The van der Waals surface area contributed by atoms with Crippen LogP contribution in [0.5, 0.6) is 0 Å². The molecule has 0 aromatic heterocycles. The predicted octanol–water partition coefficient (Wildman–Crippen LogP) is 1.27. The first-order valence-electron chi connectivity index (χ1n) is 7.69. The number of hydrogen-bond acceptors (Lipinski definition) is 4. The van der Waals surface area contributed by atoms with Gasteiger partial charge in [0.2, 0.25) is 0 Å². The number of hydrogen-bond donors (Lipinski definition) is 1. The molecule has 1 N–H and O–H groups in total. The minimum atomic E-state index is -2.78. The largest absolute Gasteiger partial charge is 0.314 e. The van der Waals surface area contributed by atoms with E-state index in [1.54, 1.807) is 0 Å². The van der Waals surface area contributed by atoms with Gasteiger partial charge in [0, 0.05) is 18.6 Å². The Hall–Kier alpha value is -0.130. The second-order valence-corrected chi connectivity index (χ2v) is 8.46. The molecule has 2 aliphatic heterocycles. The minimum absolute atomic E-state index is 0.272. The van der Waals surface area contributed by atoms with Crippen molar-refractivity contribution in [2.45, 2.75) is 51.6 Å².